The van der Waals surface area contributed by atoms with Crippen molar-refractivity contribution in [1.82, 2.24) is 15.5 Å². The van der Waals surface area contributed by atoms with Crippen molar-refractivity contribution in [2.24, 2.45) is 0 Å². The number of hydrogen-bond acceptors (Lipinski definition) is 3. The molecule has 1 fully saturated rings. The predicted octanol–water partition coefficient (Wildman–Crippen LogP) is -1.84. The normalized spacial score (nSPS) is 23.2. The van der Waals surface area contributed by atoms with Crippen molar-refractivity contribution in [3.05, 3.63) is 0 Å². The maximum absolute atomic E-state index is 11.3. The average Bonchev–Trinajstić information content (AvgIpc) is 2.04. The molecule has 0 aromatic rings. The summed E-state index contributed by atoms with van der Waals surface area (Å²) in [6.07, 6.45) is 0. The minimum absolute atomic E-state index is 0.00463. The summed E-state index contributed by atoms with van der Waals surface area (Å²) in [7, 11) is 3.39. The van der Waals surface area contributed by atoms with E-state index in [9.17, 15) is 9.59 Å². The zero-order valence-corrected chi connectivity index (χ0v) is 7.26. The Hall–Kier alpha value is -1.10. The van der Waals surface area contributed by atoms with Crippen LogP contribution in [0.15, 0.2) is 0 Å². The van der Waals surface area contributed by atoms with Crippen LogP contribution in [-0.2, 0) is 9.59 Å². The molecule has 0 radical (unpaired) electrons. The summed E-state index contributed by atoms with van der Waals surface area (Å²) < 4.78 is 0. The van der Waals surface area contributed by atoms with Crippen LogP contribution < -0.4 is 10.6 Å². The highest BCUT2D eigenvalue weighted by Gasteiger charge is 2.24. The van der Waals surface area contributed by atoms with E-state index < -0.39 is 0 Å². The van der Waals surface area contributed by atoms with Gasteiger partial charge < -0.3 is 10.2 Å². The fourth-order valence-electron chi connectivity index (χ4n) is 1.05. The molecule has 0 saturated carbocycles. The molecule has 2 amide bonds. The van der Waals surface area contributed by atoms with E-state index in [1.165, 1.54) is 4.90 Å². The molecule has 1 unspecified atom stereocenters. The second kappa shape index (κ2) is 3.53. The molecule has 0 bridgehead atoms. The lowest BCUT2D eigenvalue weighted by molar-refractivity contribution is -0.132. The van der Waals surface area contributed by atoms with Crippen LogP contribution >= 0.6 is 0 Å². The van der Waals surface area contributed by atoms with Crippen LogP contribution in [0.3, 0.4) is 0 Å². The number of carbonyl (C=O) groups is 2. The average molecular weight is 171 g/mol. The quantitative estimate of drug-likeness (QED) is 0.487. The third-order valence-corrected chi connectivity index (χ3v) is 1.75. The van der Waals surface area contributed by atoms with Gasteiger partial charge in [-0.3, -0.25) is 14.9 Å². The Morgan fingerprint density at radius 3 is 2.67 bits per heavy atom. The molecule has 5 heteroatoms. The van der Waals surface area contributed by atoms with Crippen LogP contribution in [-0.4, -0.2) is 49.9 Å². The van der Waals surface area contributed by atoms with Crippen molar-refractivity contribution in [1.29, 1.82) is 0 Å². The number of nitrogens with one attached hydrogen (secondary N) is 2. The molecule has 1 aliphatic heterocycles. The van der Waals surface area contributed by atoms with Crippen LogP contribution in [0.4, 0.5) is 0 Å². The topological polar surface area (TPSA) is 61.4 Å². The molecule has 1 heterocycles. The van der Waals surface area contributed by atoms with Gasteiger partial charge in [0.25, 0.3) is 0 Å². The predicted molar refractivity (Wildman–Crippen MR) is 43.5 cm³/mol. The molecule has 68 valence electrons. The number of carbonyl (C=O) groups excluding carboxylic acids is 2. The summed E-state index contributed by atoms with van der Waals surface area (Å²) in [6, 6.07) is -0.266. The van der Waals surface area contributed by atoms with Crippen LogP contribution in [0.25, 0.3) is 0 Å². The highest BCUT2D eigenvalue weighted by Crippen LogP contribution is 1.92. The summed E-state index contributed by atoms with van der Waals surface area (Å²) >= 11 is 0. The second-order valence-electron chi connectivity index (χ2n) is 2.97. The Bertz CT molecular complexity index is 193. The van der Waals surface area contributed by atoms with E-state index in [0.29, 0.717) is 6.54 Å². The number of likely N-dealkylation sites (N-methyl/N-ethyl adjacent to an activating group) is 1. The first-order chi connectivity index (χ1) is 5.61. The molecule has 0 aliphatic carbocycles. The van der Waals surface area contributed by atoms with Gasteiger partial charge in [-0.2, -0.15) is 0 Å². The van der Waals surface area contributed by atoms with Gasteiger partial charge in [-0.15, -0.1) is 0 Å². The Labute approximate surface area is 71.1 Å². The van der Waals surface area contributed by atoms with E-state index in [1.807, 2.05) is 0 Å². The highest BCUT2D eigenvalue weighted by atomic mass is 16.2. The molecular formula is C7H13N3O2. The zero-order chi connectivity index (χ0) is 9.14. The summed E-state index contributed by atoms with van der Waals surface area (Å²) in [5, 5.41) is 5.47. The van der Waals surface area contributed by atoms with E-state index >= 15 is 0 Å². The fourth-order valence-corrected chi connectivity index (χ4v) is 1.05. The Morgan fingerprint density at radius 1 is 1.58 bits per heavy atom. The number of piperazine rings is 1. The molecule has 0 spiro atoms. The SMILES string of the molecule is CN(C)C(=O)C1CNC(=O)CN1. The van der Waals surface area contributed by atoms with E-state index in [2.05, 4.69) is 10.6 Å². The minimum atomic E-state index is -0.266. The molecule has 1 saturated heterocycles. The summed E-state index contributed by atoms with van der Waals surface area (Å²) in [5.41, 5.74) is 0. The Kier molecular flexibility index (Phi) is 2.65. The van der Waals surface area contributed by atoms with Crippen LogP contribution in [0, 0.1) is 0 Å². The van der Waals surface area contributed by atoms with Crippen molar-refractivity contribution in [2.45, 2.75) is 6.04 Å². The van der Waals surface area contributed by atoms with Gasteiger partial charge in [-0.05, 0) is 0 Å². The van der Waals surface area contributed by atoms with Crippen LogP contribution in [0.2, 0.25) is 0 Å². The molecule has 0 aromatic heterocycles. The van der Waals surface area contributed by atoms with Gasteiger partial charge in [0.05, 0.1) is 6.54 Å². The summed E-state index contributed by atoms with van der Waals surface area (Å²) in [5.74, 6) is -0.0622. The van der Waals surface area contributed by atoms with Gasteiger partial charge in [0.2, 0.25) is 11.8 Å². The first-order valence-corrected chi connectivity index (χ1v) is 3.82. The molecule has 5 nitrogen and oxygen atoms in total. The number of amides is 2. The monoisotopic (exact) mass is 171 g/mol. The largest absolute Gasteiger partial charge is 0.353 e. The maximum atomic E-state index is 11.3. The summed E-state index contributed by atoms with van der Waals surface area (Å²) in [6.45, 7) is 0.611. The molecule has 1 rings (SSSR count). The van der Waals surface area contributed by atoms with Crippen molar-refractivity contribution >= 4 is 11.8 Å². The van der Waals surface area contributed by atoms with Crippen molar-refractivity contribution in [3.8, 4) is 0 Å². The van der Waals surface area contributed by atoms with Crippen molar-refractivity contribution in [3.63, 3.8) is 0 Å². The molecule has 2 N–H and O–H groups in total. The van der Waals surface area contributed by atoms with Crippen molar-refractivity contribution in [2.75, 3.05) is 27.2 Å². The lowest BCUT2D eigenvalue weighted by Gasteiger charge is -2.25. The number of hydrogen-bond donors (Lipinski definition) is 2. The van der Waals surface area contributed by atoms with Gasteiger partial charge in [-0.1, -0.05) is 0 Å². The third-order valence-electron chi connectivity index (χ3n) is 1.75. The van der Waals surface area contributed by atoms with E-state index in [4.69, 9.17) is 0 Å². The summed E-state index contributed by atoms with van der Waals surface area (Å²) in [4.78, 5) is 23.5. The fraction of sp³-hybridized carbons (Fsp3) is 0.714. The van der Waals surface area contributed by atoms with E-state index in [0.717, 1.165) is 0 Å². The first kappa shape index (κ1) is 8.99. The lowest BCUT2D eigenvalue weighted by atomic mass is 10.2. The van der Waals surface area contributed by atoms with Crippen LogP contribution in [0.5, 0.6) is 0 Å². The van der Waals surface area contributed by atoms with Gasteiger partial charge in [0, 0.05) is 20.6 Å². The first-order valence-electron chi connectivity index (χ1n) is 3.82. The Balaban J connectivity index is 2.44. The molecule has 12 heavy (non-hydrogen) atoms. The molecule has 1 aliphatic rings. The number of nitrogens with zero attached hydrogens (tertiary/aromatic N) is 1. The Morgan fingerprint density at radius 2 is 2.25 bits per heavy atom. The molecule has 0 aromatic carbocycles. The van der Waals surface area contributed by atoms with Gasteiger partial charge in [-0.25, -0.2) is 0 Å². The maximum Gasteiger partial charge on any atom is 0.241 e. The molecular weight excluding hydrogens is 158 g/mol. The van der Waals surface area contributed by atoms with Gasteiger partial charge in [0.1, 0.15) is 6.04 Å². The second-order valence-corrected chi connectivity index (χ2v) is 2.97. The minimum Gasteiger partial charge on any atom is -0.353 e. The lowest BCUT2D eigenvalue weighted by Crippen LogP contribution is -2.57. The van der Waals surface area contributed by atoms with Crippen LogP contribution in [0.1, 0.15) is 0 Å². The smallest absolute Gasteiger partial charge is 0.241 e. The third kappa shape index (κ3) is 1.94. The number of rotatable bonds is 1. The van der Waals surface area contributed by atoms with Crippen molar-refractivity contribution < 1.29 is 9.59 Å². The van der Waals surface area contributed by atoms with E-state index in [1.54, 1.807) is 14.1 Å². The van der Waals surface area contributed by atoms with Gasteiger partial charge >= 0.3 is 0 Å². The van der Waals surface area contributed by atoms with E-state index in [-0.39, 0.29) is 24.4 Å². The zero-order valence-electron chi connectivity index (χ0n) is 7.26. The molecule has 1 atom stereocenters. The van der Waals surface area contributed by atoms with Gasteiger partial charge in [0.15, 0.2) is 0 Å². The highest BCUT2D eigenvalue weighted by molar-refractivity contribution is 5.86. The standard InChI is InChI=1S/C7H13N3O2/c1-10(2)7(12)5-3-9-6(11)4-8-5/h5,8H,3-4H2,1-2H3,(H,9,11).